The summed E-state index contributed by atoms with van der Waals surface area (Å²) in [7, 11) is 0. The van der Waals surface area contributed by atoms with Gasteiger partial charge in [0.15, 0.2) is 0 Å². The molecule has 0 aliphatic rings. The predicted molar refractivity (Wildman–Crippen MR) is 73.7 cm³/mol. The number of amides is 3. The van der Waals surface area contributed by atoms with Gasteiger partial charge in [-0.05, 0) is 24.3 Å². The van der Waals surface area contributed by atoms with Gasteiger partial charge in [-0.15, -0.1) is 0 Å². The second kappa shape index (κ2) is 5.22. The van der Waals surface area contributed by atoms with Crippen LogP contribution < -0.4 is 16.4 Å². The van der Waals surface area contributed by atoms with E-state index in [-0.39, 0.29) is 5.56 Å². The Morgan fingerprint density at radius 3 is 2.05 bits per heavy atom. The smallest absolute Gasteiger partial charge is 0.326 e. The summed E-state index contributed by atoms with van der Waals surface area (Å²) < 4.78 is 0. The lowest BCUT2D eigenvalue weighted by atomic mass is 10.1. The lowest BCUT2D eigenvalue weighted by Crippen LogP contribution is -2.41. The zero-order valence-electron chi connectivity index (χ0n) is 10.1. The fourth-order valence-electron chi connectivity index (χ4n) is 1.73. The number of primary amides is 1. The number of urea groups is 1. The van der Waals surface area contributed by atoms with Gasteiger partial charge in [0.1, 0.15) is 0 Å². The average Bonchev–Trinajstić information content (AvgIpc) is 2.40. The van der Waals surface area contributed by atoms with E-state index >= 15 is 0 Å². The number of nitrogens with two attached hydrogens (primary N) is 2. The lowest BCUT2D eigenvalue weighted by Gasteiger charge is -2.19. The first-order valence-electron chi connectivity index (χ1n) is 5.64. The normalized spacial score (nSPS) is 9.89. The number of nitrogens with zero attached hydrogens (tertiary/aromatic N) is 1. The molecule has 0 saturated heterocycles. The van der Waals surface area contributed by atoms with Crippen molar-refractivity contribution in [3.63, 3.8) is 0 Å². The van der Waals surface area contributed by atoms with Crippen LogP contribution in [-0.2, 0) is 0 Å². The van der Waals surface area contributed by atoms with Gasteiger partial charge >= 0.3 is 6.03 Å². The first kappa shape index (κ1) is 12.6. The van der Waals surface area contributed by atoms with Crippen molar-refractivity contribution in [2.45, 2.75) is 0 Å². The zero-order valence-corrected chi connectivity index (χ0v) is 10.1. The van der Waals surface area contributed by atoms with E-state index in [1.807, 2.05) is 0 Å². The summed E-state index contributed by atoms with van der Waals surface area (Å²) in [6, 6.07) is 14.2. The summed E-state index contributed by atoms with van der Waals surface area (Å²) in [5, 5.41) is 0. The molecular weight excluding hydrogens is 242 g/mol. The molecule has 0 aromatic heterocycles. The fourth-order valence-corrected chi connectivity index (χ4v) is 1.73. The van der Waals surface area contributed by atoms with Gasteiger partial charge < -0.3 is 11.5 Å². The van der Waals surface area contributed by atoms with E-state index < -0.39 is 11.9 Å². The monoisotopic (exact) mass is 255 g/mol. The van der Waals surface area contributed by atoms with Crippen LogP contribution >= 0.6 is 0 Å². The second-order valence-electron chi connectivity index (χ2n) is 3.90. The first-order valence-corrected chi connectivity index (χ1v) is 5.64. The van der Waals surface area contributed by atoms with Gasteiger partial charge in [-0.25, -0.2) is 9.69 Å². The highest BCUT2D eigenvalue weighted by Gasteiger charge is 2.23. The Hall–Kier alpha value is -2.82. The minimum atomic E-state index is -0.848. The molecule has 96 valence electrons. The molecule has 2 rings (SSSR count). The number of carbonyl (C=O) groups excluding carboxylic acids is 2. The minimum absolute atomic E-state index is 0.241. The number of para-hydroxylation sites is 2. The molecule has 0 unspecified atom stereocenters. The number of hydrogen-bond donors (Lipinski definition) is 2. The van der Waals surface area contributed by atoms with Crippen molar-refractivity contribution in [3.05, 3.63) is 60.2 Å². The number of benzene rings is 2. The number of nitrogen functional groups attached to an aromatic ring is 1. The maximum atomic E-state index is 12.4. The second-order valence-corrected chi connectivity index (χ2v) is 3.90. The van der Waals surface area contributed by atoms with Crippen LogP contribution in [0.3, 0.4) is 0 Å². The van der Waals surface area contributed by atoms with Crippen LogP contribution in [0.4, 0.5) is 16.2 Å². The zero-order chi connectivity index (χ0) is 13.8. The van der Waals surface area contributed by atoms with Crippen LogP contribution in [0.15, 0.2) is 54.6 Å². The number of imide groups is 1. The summed E-state index contributed by atoms with van der Waals surface area (Å²) >= 11 is 0. The van der Waals surface area contributed by atoms with Crippen molar-refractivity contribution in [1.29, 1.82) is 0 Å². The quantitative estimate of drug-likeness (QED) is 0.804. The number of carbonyl (C=O) groups is 2. The maximum Gasteiger partial charge on any atom is 0.326 e. The van der Waals surface area contributed by atoms with Crippen molar-refractivity contribution in [2.75, 3.05) is 10.6 Å². The molecule has 2 aromatic rings. The molecule has 2 aromatic carbocycles. The van der Waals surface area contributed by atoms with E-state index in [0.29, 0.717) is 11.4 Å². The van der Waals surface area contributed by atoms with Crippen LogP contribution in [0.5, 0.6) is 0 Å². The molecule has 0 heterocycles. The van der Waals surface area contributed by atoms with Gasteiger partial charge in [0.05, 0.1) is 11.3 Å². The summed E-state index contributed by atoms with van der Waals surface area (Å²) in [6.45, 7) is 0. The molecular formula is C14H13N3O2. The molecule has 0 bridgehead atoms. The largest absolute Gasteiger partial charge is 0.398 e. The van der Waals surface area contributed by atoms with Crippen molar-refractivity contribution >= 4 is 23.3 Å². The third-order valence-corrected chi connectivity index (χ3v) is 2.63. The van der Waals surface area contributed by atoms with Crippen molar-refractivity contribution in [1.82, 2.24) is 0 Å². The Kier molecular flexibility index (Phi) is 3.47. The van der Waals surface area contributed by atoms with Crippen molar-refractivity contribution < 1.29 is 9.59 Å². The van der Waals surface area contributed by atoms with Crippen LogP contribution in [0, 0.1) is 0 Å². The maximum absolute atomic E-state index is 12.4. The summed E-state index contributed by atoms with van der Waals surface area (Å²) in [5.74, 6) is -0.545. The number of hydrogen-bond acceptors (Lipinski definition) is 3. The van der Waals surface area contributed by atoms with Crippen LogP contribution in [0.25, 0.3) is 0 Å². The van der Waals surface area contributed by atoms with E-state index in [1.165, 1.54) is 0 Å². The average molecular weight is 255 g/mol. The molecule has 0 saturated carbocycles. The Bertz CT molecular complexity index is 611. The van der Waals surface area contributed by atoms with E-state index in [2.05, 4.69) is 0 Å². The third-order valence-electron chi connectivity index (χ3n) is 2.63. The molecule has 19 heavy (non-hydrogen) atoms. The molecule has 4 N–H and O–H groups in total. The molecule has 0 radical (unpaired) electrons. The summed E-state index contributed by atoms with van der Waals surface area (Å²) in [6.07, 6.45) is 0. The Morgan fingerprint density at radius 2 is 1.47 bits per heavy atom. The van der Waals surface area contributed by atoms with Crippen LogP contribution in [-0.4, -0.2) is 11.9 Å². The van der Waals surface area contributed by atoms with Gasteiger partial charge in [-0.3, -0.25) is 4.79 Å². The van der Waals surface area contributed by atoms with E-state index in [4.69, 9.17) is 11.5 Å². The Morgan fingerprint density at radius 1 is 0.895 bits per heavy atom. The van der Waals surface area contributed by atoms with Crippen molar-refractivity contribution in [2.24, 2.45) is 5.73 Å². The van der Waals surface area contributed by atoms with Gasteiger partial charge in [-0.1, -0.05) is 30.3 Å². The van der Waals surface area contributed by atoms with E-state index in [9.17, 15) is 9.59 Å². The van der Waals surface area contributed by atoms with E-state index in [0.717, 1.165) is 4.90 Å². The first-order chi connectivity index (χ1) is 9.11. The summed E-state index contributed by atoms with van der Waals surface area (Å²) in [4.78, 5) is 24.8. The van der Waals surface area contributed by atoms with Crippen molar-refractivity contribution in [3.8, 4) is 0 Å². The molecule has 0 fully saturated rings. The molecule has 0 aliphatic carbocycles. The third kappa shape index (κ3) is 2.55. The standard InChI is InChI=1S/C14H13N3O2/c15-12-9-5-4-8-11(12)13(18)17(14(16)19)10-6-2-1-3-7-10/h1-9H,15H2,(H2,16,19). The lowest BCUT2D eigenvalue weighted by molar-refractivity contribution is 0.0996. The fraction of sp³-hybridized carbons (Fsp3) is 0. The molecule has 5 nitrogen and oxygen atoms in total. The highest BCUT2D eigenvalue weighted by atomic mass is 16.2. The number of anilines is 2. The van der Waals surface area contributed by atoms with E-state index in [1.54, 1.807) is 54.6 Å². The SMILES string of the molecule is NC(=O)N(C(=O)c1ccccc1N)c1ccccc1. The minimum Gasteiger partial charge on any atom is -0.398 e. The predicted octanol–water partition coefficient (Wildman–Crippen LogP) is 1.99. The van der Waals surface area contributed by atoms with Crippen LogP contribution in [0.2, 0.25) is 0 Å². The Labute approximate surface area is 110 Å². The molecule has 0 spiro atoms. The highest BCUT2D eigenvalue weighted by molar-refractivity contribution is 6.21. The van der Waals surface area contributed by atoms with Gasteiger partial charge in [0.2, 0.25) is 0 Å². The molecule has 5 heteroatoms. The van der Waals surface area contributed by atoms with Gasteiger partial charge in [0, 0.05) is 5.69 Å². The highest BCUT2D eigenvalue weighted by Crippen LogP contribution is 2.19. The van der Waals surface area contributed by atoms with Gasteiger partial charge in [-0.2, -0.15) is 0 Å². The number of rotatable bonds is 2. The molecule has 0 atom stereocenters. The topological polar surface area (TPSA) is 89.4 Å². The van der Waals surface area contributed by atoms with Crippen LogP contribution in [0.1, 0.15) is 10.4 Å². The summed E-state index contributed by atoms with van der Waals surface area (Å²) in [5.41, 5.74) is 12.0. The molecule has 3 amide bonds. The Balaban J connectivity index is 2.44. The molecule has 0 aliphatic heterocycles. The van der Waals surface area contributed by atoms with Gasteiger partial charge in [0.25, 0.3) is 5.91 Å².